The first-order chi connectivity index (χ1) is 8.15. The molecule has 1 aromatic rings. The molecule has 1 heterocycles. The minimum absolute atomic E-state index is 0.0234. The smallest absolute Gasteiger partial charge is 0.287 e. The topological polar surface area (TPSA) is 71.3 Å². The van der Waals surface area contributed by atoms with Gasteiger partial charge in [0.15, 0.2) is 5.76 Å². The normalized spacial score (nSPS) is 11.9. The number of nitrogens with one attached hydrogen (secondary N) is 2. The fourth-order valence-electron chi connectivity index (χ4n) is 1.11. The molecule has 5 nitrogen and oxygen atoms in total. The lowest BCUT2D eigenvalue weighted by atomic mass is 10.4. The molecular formula is C11H16N2O3S. The molecule has 2 amide bonds. The molecule has 1 unspecified atom stereocenters. The van der Waals surface area contributed by atoms with Crippen LogP contribution < -0.4 is 10.6 Å². The Labute approximate surface area is 104 Å². The summed E-state index contributed by atoms with van der Waals surface area (Å²) in [6, 6.07) is 3.24. The molecule has 94 valence electrons. The molecule has 0 spiro atoms. The Balaban J connectivity index is 2.16. The zero-order valence-electron chi connectivity index (χ0n) is 9.86. The zero-order valence-corrected chi connectivity index (χ0v) is 10.7. The lowest BCUT2D eigenvalue weighted by Gasteiger charge is -2.09. The van der Waals surface area contributed by atoms with Crippen molar-refractivity contribution in [1.82, 2.24) is 10.6 Å². The van der Waals surface area contributed by atoms with Crippen LogP contribution in [0.25, 0.3) is 0 Å². The van der Waals surface area contributed by atoms with Gasteiger partial charge in [0, 0.05) is 13.1 Å². The molecule has 0 aromatic carbocycles. The number of carbonyl (C=O) groups excluding carboxylic acids is 2. The Kier molecular flexibility index (Phi) is 5.62. The average molecular weight is 256 g/mol. The number of amides is 2. The van der Waals surface area contributed by atoms with E-state index in [1.807, 2.05) is 13.2 Å². The zero-order chi connectivity index (χ0) is 12.7. The predicted octanol–water partition coefficient (Wildman–Crippen LogP) is 0.877. The molecule has 1 aromatic heterocycles. The van der Waals surface area contributed by atoms with Gasteiger partial charge in [-0.05, 0) is 25.3 Å². The van der Waals surface area contributed by atoms with Crippen LogP contribution in [0.1, 0.15) is 17.5 Å². The molecule has 1 rings (SSSR count). The number of carbonyl (C=O) groups is 2. The fraction of sp³-hybridized carbons (Fsp3) is 0.455. The minimum Gasteiger partial charge on any atom is -0.459 e. The lowest BCUT2D eigenvalue weighted by molar-refractivity contribution is -0.120. The molecule has 0 saturated carbocycles. The second-order valence-electron chi connectivity index (χ2n) is 3.40. The molecule has 0 radical (unpaired) electrons. The average Bonchev–Trinajstić information content (AvgIpc) is 2.86. The highest BCUT2D eigenvalue weighted by Gasteiger charge is 2.10. The Morgan fingerprint density at radius 1 is 1.41 bits per heavy atom. The summed E-state index contributed by atoms with van der Waals surface area (Å²) in [4.78, 5) is 22.8. The third-order valence-electron chi connectivity index (χ3n) is 2.18. The van der Waals surface area contributed by atoms with Crippen molar-refractivity contribution in [2.24, 2.45) is 0 Å². The number of hydrogen-bond acceptors (Lipinski definition) is 4. The van der Waals surface area contributed by atoms with E-state index in [4.69, 9.17) is 4.42 Å². The van der Waals surface area contributed by atoms with Crippen LogP contribution in [0.2, 0.25) is 0 Å². The fourth-order valence-corrected chi connectivity index (χ4v) is 1.40. The van der Waals surface area contributed by atoms with Crippen molar-refractivity contribution in [1.29, 1.82) is 0 Å². The maximum Gasteiger partial charge on any atom is 0.287 e. The summed E-state index contributed by atoms with van der Waals surface area (Å²) in [5.74, 6) is -0.0271. The summed E-state index contributed by atoms with van der Waals surface area (Å²) < 4.78 is 4.93. The van der Waals surface area contributed by atoms with Gasteiger partial charge in [0.25, 0.3) is 5.91 Å². The van der Waals surface area contributed by atoms with Crippen molar-refractivity contribution in [2.75, 3.05) is 19.3 Å². The van der Waals surface area contributed by atoms with Gasteiger partial charge in [-0.15, -0.1) is 0 Å². The highest BCUT2D eigenvalue weighted by molar-refractivity contribution is 7.99. The molecule has 0 aliphatic rings. The van der Waals surface area contributed by atoms with E-state index in [0.29, 0.717) is 13.1 Å². The predicted molar refractivity (Wildman–Crippen MR) is 67.0 cm³/mol. The van der Waals surface area contributed by atoms with Crippen LogP contribution in [0.5, 0.6) is 0 Å². The van der Waals surface area contributed by atoms with Crippen molar-refractivity contribution in [2.45, 2.75) is 12.2 Å². The Morgan fingerprint density at radius 3 is 2.71 bits per heavy atom. The van der Waals surface area contributed by atoms with E-state index in [-0.39, 0.29) is 22.8 Å². The number of furan rings is 1. The summed E-state index contributed by atoms with van der Waals surface area (Å²) in [7, 11) is 0. The Bertz CT molecular complexity index is 365. The SMILES string of the molecule is CSC(C)C(=O)NCCNC(=O)c1ccco1. The van der Waals surface area contributed by atoms with Gasteiger partial charge in [0.1, 0.15) is 0 Å². The van der Waals surface area contributed by atoms with E-state index >= 15 is 0 Å². The van der Waals surface area contributed by atoms with Gasteiger partial charge in [0.2, 0.25) is 5.91 Å². The first-order valence-electron chi connectivity index (χ1n) is 5.27. The molecule has 0 fully saturated rings. The summed E-state index contributed by atoms with van der Waals surface area (Å²) in [6.07, 6.45) is 3.32. The standard InChI is InChI=1S/C11H16N2O3S/c1-8(17-2)10(14)12-5-6-13-11(15)9-4-3-7-16-9/h3-4,7-8H,5-6H2,1-2H3,(H,12,14)(H,13,15). The van der Waals surface area contributed by atoms with Crippen molar-refractivity contribution in [3.63, 3.8) is 0 Å². The van der Waals surface area contributed by atoms with Crippen LogP contribution in [-0.4, -0.2) is 36.4 Å². The molecule has 2 N–H and O–H groups in total. The summed E-state index contributed by atoms with van der Waals surface area (Å²) in [5.41, 5.74) is 0. The quantitative estimate of drug-likeness (QED) is 0.741. The van der Waals surface area contributed by atoms with Crippen molar-refractivity contribution in [3.8, 4) is 0 Å². The molecule has 0 saturated heterocycles. The second-order valence-corrected chi connectivity index (χ2v) is 4.58. The lowest BCUT2D eigenvalue weighted by Crippen LogP contribution is -2.37. The second kappa shape index (κ2) is 7.01. The van der Waals surface area contributed by atoms with E-state index in [9.17, 15) is 9.59 Å². The first-order valence-corrected chi connectivity index (χ1v) is 6.56. The van der Waals surface area contributed by atoms with Crippen LogP contribution in [0.3, 0.4) is 0 Å². The van der Waals surface area contributed by atoms with Crippen LogP contribution in [0.4, 0.5) is 0 Å². The van der Waals surface area contributed by atoms with Gasteiger partial charge in [-0.25, -0.2) is 0 Å². The number of thioether (sulfide) groups is 1. The molecule has 0 bridgehead atoms. The van der Waals surface area contributed by atoms with Crippen LogP contribution in [0, 0.1) is 0 Å². The van der Waals surface area contributed by atoms with Crippen molar-refractivity contribution < 1.29 is 14.0 Å². The van der Waals surface area contributed by atoms with Crippen molar-refractivity contribution >= 4 is 23.6 Å². The van der Waals surface area contributed by atoms with Gasteiger partial charge >= 0.3 is 0 Å². The number of hydrogen-bond donors (Lipinski definition) is 2. The molecule has 0 aliphatic heterocycles. The first kappa shape index (κ1) is 13.6. The van der Waals surface area contributed by atoms with Gasteiger partial charge in [-0.1, -0.05) is 0 Å². The third kappa shape index (κ3) is 4.52. The van der Waals surface area contributed by atoms with Gasteiger partial charge < -0.3 is 15.1 Å². The third-order valence-corrected chi connectivity index (χ3v) is 3.10. The highest BCUT2D eigenvalue weighted by atomic mass is 32.2. The molecule has 17 heavy (non-hydrogen) atoms. The summed E-state index contributed by atoms with van der Waals surface area (Å²) >= 11 is 1.48. The monoisotopic (exact) mass is 256 g/mol. The van der Waals surface area contributed by atoms with Gasteiger partial charge in [0.05, 0.1) is 11.5 Å². The molecule has 1 atom stereocenters. The maximum atomic E-state index is 11.4. The minimum atomic E-state index is -0.276. The summed E-state index contributed by atoms with van der Waals surface area (Å²) in [5, 5.41) is 5.30. The van der Waals surface area contributed by atoms with Crippen molar-refractivity contribution in [3.05, 3.63) is 24.2 Å². The number of rotatable bonds is 6. The highest BCUT2D eigenvalue weighted by Crippen LogP contribution is 2.03. The van der Waals surface area contributed by atoms with E-state index in [1.54, 1.807) is 12.1 Å². The van der Waals surface area contributed by atoms with E-state index in [0.717, 1.165) is 0 Å². The van der Waals surface area contributed by atoms with Crippen LogP contribution in [-0.2, 0) is 4.79 Å². The van der Waals surface area contributed by atoms with Crippen LogP contribution >= 0.6 is 11.8 Å². The van der Waals surface area contributed by atoms with E-state index in [1.165, 1.54) is 18.0 Å². The molecule has 6 heteroatoms. The van der Waals surface area contributed by atoms with Gasteiger partial charge in [-0.3, -0.25) is 9.59 Å². The maximum absolute atomic E-state index is 11.4. The molecular weight excluding hydrogens is 240 g/mol. The Hall–Kier alpha value is -1.43. The van der Waals surface area contributed by atoms with E-state index in [2.05, 4.69) is 10.6 Å². The largest absolute Gasteiger partial charge is 0.459 e. The van der Waals surface area contributed by atoms with E-state index < -0.39 is 0 Å². The molecule has 0 aliphatic carbocycles. The summed E-state index contributed by atoms with van der Waals surface area (Å²) in [6.45, 7) is 2.63. The van der Waals surface area contributed by atoms with Crippen LogP contribution in [0.15, 0.2) is 22.8 Å². The van der Waals surface area contributed by atoms with Gasteiger partial charge in [-0.2, -0.15) is 11.8 Å². The Morgan fingerprint density at radius 2 is 2.12 bits per heavy atom.